The molecule has 0 fully saturated rings. The largest absolute Gasteiger partial charge is 0.354 e. The smallest absolute Gasteiger partial charge is 0.264 e. The van der Waals surface area contributed by atoms with Gasteiger partial charge in [0.15, 0.2) is 0 Å². The van der Waals surface area contributed by atoms with Crippen LogP contribution in [0.1, 0.15) is 30.9 Å². The van der Waals surface area contributed by atoms with Gasteiger partial charge in [-0.2, -0.15) is 0 Å². The summed E-state index contributed by atoms with van der Waals surface area (Å²) in [5.41, 5.74) is 1.22. The lowest BCUT2D eigenvalue weighted by molar-refractivity contribution is -0.140. The number of rotatable bonds is 14. The third-order valence-corrected chi connectivity index (χ3v) is 10.6. The molecule has 4 rings (SSSR count). The van der Waals surface area contributed by atoms with Crippen molar-refractivity contribution < 1.29 is 18.0 Å². The molecule has 46 heavy (non-hydrogen) atoms. The highest BCUT2D eigenvalue weighted by molar-refractivity contribution is 7.92. The number of unbranched alkanes of at least 4 members (excludes halogenated alkanes) is 1. The Balaban J connectivity index is 1.85. The van der Waals surface area contributed by atoms with Gasteiger partial charge in [-0.3, -0.25) is 13.9 Å². The highest BCUT2D eigenvalue weighted by atomic mass is 35.5. The van der Waals surface area contributed by atoms with Crippen LogP contribution < -0.4 is 9.62 Å². The molecular weight excluding hydrogens is 688 g/mol. The average molecular weight is 722 g/mol. The minimum atomic E-state index is -4.34. The Morgan fingerprint density at radius 1 is 0.783 bits per heavy atom. The second-order valence-corrected chi connectivity index (χ2v) is 13.9. The number of hydrogen-bond acceptors (Lipinski definition) is 4. The molecule has 0 heterocycles. The fourth-order valence-corrected chi connectivity index (χ4v) is 7.24. The van der Waals surface area contributed by atoms with Gasteiger partial charge in [-0.25, -0.2) is 8.42 Å². The molecule has 0 unspecified atom stereocenters. The lowest BCUT2D eigenvalue weighted by atomic mass is 10.0. The molecule has 7 nitrogen and oxygen atoms in total. The molecule has 1 N–H and O–H groups in total. The first-order valence-corrected chi connectivity index (χ1v) is 17.6. The van der Waals surface area contributed by atoms with E-state index in [0.29, 0.717) is 22.2 Å². The van der Waals surface area contributed by atoms with Crippen molar-refractivity contribution in [2.24, 2.45) is 0 Å². The number of benzene rings is 4. The number of carbonyl (C=O) groups excluding carboxylic acids is 2. The summed E-state index contributed by atoms with van der Waals surface area (Å²) in [5, 5.41) is 3.59. The van der Waals surface area contributed by atoms with Gasteiger partial charge in [0, 0.05) is 35.1 Å². The maximum atomic E-state index is 14.6. The Hall–Kier alpha value is -3.27. The van der Waals surface area contributed by atoms with Crippen molar-refractivity contribution in [1.82, 2.24) is 10.2 Å². The predicted molar refractivity (Wildman–Crippen MR) is 186 cm³/mol. The van der Waals surface area contributed by atoms with Crippen LogP contribution in [0, 0.1) is 0 Å². The number of nitrogens with one attached hydrogen (secondary N) is 1. The van der Waals surface area contributed by atoms with Crippen molar-refractivity contribution in [2.45, 2.75) is 43.7 Å². The van der Waals surface area contributed by atoms with Crippen molar-refractivity contribution >= 4 is 73.9 Å². The zero-order chi connectivity index (χ0) is 33.3. The number of sulfonamides is 1. The summed E-state index contributed by atoms with van der Waals surface area (Å²) in [5.74, 6) is -1.08. The summed E-state index contributed by atoms with van der Waals surface area (Å²) in [6.45, 7) is 1.54. The molecule has 0 aliphatic rings. The zero-order valence-electron chi connectivity index (χ0n) is 25.0. The number of halogens is 4. The molecule has 0 saturated carbocycles. The van der Waals surface area contributed by atoms with Gasteiger partial charge in [0.05, 0.1) is 20.6 Å². The van der Waals surface area contributed by atoms with Gasteiger partial charge < -0.3 is 10.2 Å². The topological polar surface area (TPSA) is 86.8 Å². The first-order valence-electron chi connectivity index (χ1n) is 14.6. The molecule has 0 bridgehead atoms. The lowest BCUT2D eigenvalue weighted by Crippen LogP contribution is -2.53. The van der Waals surface area contributed by atoms with E-state index >= 15 is 0 Å². The molecule has 1 atom stereocenters. The number of amides is 2. The minimum absolute atomic E-state index is 0.00843. The fourth-order valence-electron chi connectivity index (χ4n) is 4.83. The Morgan fingerprint density at radius 3 is 2.00 bits per heavy atom. The monoisotopic (exact) mass is 719 g/mol. The molecule has 0 saturated heterocycles. The van der Waals surface area contributed by atoms with Gasteiger partial charge in [-0.1, -0.05) is 120 Å². The van der Waals surface area contributed by atoms with Crippen LogP contribution in [-0.2, 0) is 32.6 Å². The summed E-state index contributed by atoms with van der Waals surface area (Å²) in [4.78, 5) is 29.7. The molecule has 0 aromatic heterocycles. The van der Waals surface area contributed by atoms with E-state index < -0.39 is 34.4 Å². The summed E-state index contributed by atoms with van der Waals surface area (Å²) in [6, 6.07) is 25.4. The van der Waals surface area contributed by atoms with Crippen molar-refractivity contribution in [3.63, 3.8) is 0 Å². The predicted octanol–water partition coefficient (Wildman–Crippen LogP) is 8.05. The Bertz CT molecular complexity index is 1740. The SMILES string of the molecule is CCCCNC(=O)[C@H](Cc1ccccc1)N(Cc1c(Cl)cccc1Cl)C(=O)CN(c1cccc(Cl)c1Cl)S(=O)(=O)c1ccccc1. The van der Waals surface area contributed by atoms with E-state index in [1.165, 1.54) is 29.2 Å². The molecule has 242 valence electrons. The Labute approximate surface area is 290 Å². The van der Waals surface area contributed by atoms with Gasteiger partial charge in [-0.05, 0) is 48.4 Å². The zero-order valence-corrected chi connectivity index (χ0v) is 28.8. The van der Waals surface area contributed by atoms with Crippen LogP contribution in [0.2, 0.25) is 20.1 Å². The maximum Gasteiger partial charge on any atom is 0.264 e. The standard InChI is InChI=1S/C34H33Cl4N3O4S/c1-2-3-20-39-34(43)31(21-24-12-6-4-7-13-24)40(22-26-27(35)16-10-17-28(26)36)32(42)23-41(30-19-11-18-29(37)33(30)38)46(44,45)25-14-8-5-9-15-25/h4-19,31H,2-3,20-23H2,1H3,(H,39,43)/t31-/m0/s1. The molecule has 12 heteroatoms. The maximum absolute atomic E-state index is 14.6. The van der Waals surface area contributed by atoms with Crippen molar-refractivity contribution in [2.75, 3.05) is 17.4 Å². The van der Waals surface area contributed by atoms with Gasteiger partial charge in [0.25, 0.3) is 10.0 Å². The van der Waals surface area contributed by atoms with Crippen LogP contribution in [0.3, 0.4) is 0 Å². The molecule has 2 amide bonds. The first-order chi connectivity index (χ1) is 22.0. The first kappa shape index (κ1) is 35.6. The highest BCUT2D eigenvalue weighted by Crippen LogP contribution is 2.36. The highest BCUT2D eigenvalue weighted by Gasteiger charge is 2.36. The van der Waals surface area contributed by atoms with Gasteiger partial charge in [0.1, 0.15) is 12.6 Å². The molecule has 0 spiro atoms. The normalized spacial score (nSPS) is 11.9. The van der Waals surface area contributed by atoms with Crippen molar-refractivity contribution in [1.29, 1.82) is 0 Å². The van der Waals surface area contributed by atoms with E-state index in [1.54, 1.807) is 42.5 Å². The molecule has 4 aromatic carbocycles. The summed E-state index contributed by atoms with van der Waals surface area (Å²) >= 11 is 26.0. The van der Waals surface area contributed by atoms with E-state index in [9.17, 15) is 18.0 Å². The number of hydrogen-bond donors (Lipinski definition) is 1. The summed E-state index contributed by atoms with van der Waals surface area (Å²) in [7, 11) is -4.34. The second kappa shape index (κ2) is 16.5. The summed E-state index contributed by atoms with van der Waals surface area (Å²) < 4.78 is 29.2. The number of anilines is 1. The molecule has 0 radical (unpaired) electrons. The number of carbonyl (C=O) groups is 2. The molecular formula is C34H33Cl4N3O4S. The van der Waals surface area contributed by atoms with Gasteiger partial charge in [0.2, 0.25) is 11.8 Å². The fraction of sp³-hybridized carbons (Fsp3) is 0.235. The Kier molecular flexibility index (Phi) is 12.8. The van der Waals surface area contributed by atoms with Crippen LogP contribution in [0.4, 0.5) is 5.69 Å². The third kappa shape index (κ3) is 8.75. The van der Waals surface area contributed by atoms with Crippen LogP contribution in [0.15, 0.2) is 102 Å². The van der Waals surface area contributed by atoms with Crippen molar-refractivity contribution in [3.8, 4) is 0 Å². The molecule has 0 aliphatic carbocycles. The van der Waals surface area contributed by atoms with Crippen molar-refractivity contribution in [3.05, 3.63) is 128 Å². The van der Waals surface area contributed by atoms with Crippen LogP contribution in [0.5, 0.6) is 0 Å². The van der Waals surface area contributed by atoms with Gasteiger partial charge in [-0.15, -0.1) is 0 Å². The van der Waals surface area contributed by atoms with E-state index in [-0.39, 0.29) is 33.6 Å². The van der Waals surface area contributed by atoms with Crippen LogP contribution in [-0.4, -0.2) is 44.3 Å². The van der Waals surface area contributed by atoms with E-state index in [0.717, 1.165) is 22.7 Å². The Morgan fingerprint density at radius 2 is 1.37 bits per heavy atom. The van der Waals surface area contributed by atoms with Crippen LogP contribution >= 0.6 is 46.4 Å². The van der Waals surface area contributed by atoms with E-state index in [2.05, 4.69) is 5.32 Å². The van der Waals surface area contributed by atoms with E-state index in [4.69, 9.17) is 46.4 Å². The average Bonchev–Trinajstić information content (AvgIpc) is 3.05. The minimum Gasteiger partial charge on any atom is -0.354 e. The second-order valence-electron chi connectivity index (χ2n) is 10.5. The quantitative estimate of drug-likeness (QED) is 0.134. The summed E-state index contributed by atoms with van der Waals surface area (Å²) in [6.07, 6.45) is 1.74. The molecule has 4 aromatic rings. The van der Waals surface area contributed by atoms with Gasteiger partial charge >= 0.3 is 0 Å². The third-order valence-electron chi connectivity index (χ3n) is 7.30. The lowest BCUT2D eigenvalue weighted by Gasteiger charge is -2.34. The molecule has 0 aliphatic heterocycles. The number of nitrogens with zero attached hydrogens (tertiary/aromatic N) is 2. The van der Waals surface area contributed by atoms with E-state index in [1.807, 2.05) is 37.3 Å². The van der Waals surface area contributed by atoms with Crippen LogP contribution in [0.25, 0.3) is 0 Å².